The molecule has 0 bridgehead atoms. The third kappa shape index (κ3) is 5.00. The molecule has 0 aliphatic carbocycles. The molecule has 1 aromatic heterocycles. The summed E-state index contributed by atoms with van der Waals surface area (Å²) in [4.78, 5) is 1.35. The normalized spacial score (nSPS) is 10.6. The van der Waals surface area contributed by atoms with E-state index >= 15 is 0 Å². The zero-order valence-corrected chi connectivity index (χ0v) is 13.7. The molecule has 2 aromatic rings. The number of thiophene rings is 1. The molecule has 0 saturated carbocycles. The highest BCUT2D eigenvalue weighted by Crippen LogP contribution is 2.23. The number of halogens is 1. The molecule has 1 N–H and O–H groups in total. The minimum atomic E-state index is 0.894. The predicted octanol–water partition coefficient (Wildman–Crippen LogP) is 5.86. The van der Waals surface area contributed by atoms with E-state index in [1.165, 1.54) is 45.6 Å². The molecule has 0 radical (unpaired) electrons. The topological polar surface area (TPSA) is 12.0 Å². The second-order valence-electron chi connectivity index (χ2n) is 4.71. The van der Waals surface area contributed by atoms with E-state index in [2.05, 4.69) is 64.6 Å². The molecular formula is C16H20BrNS. The van der Waals surface area contributed by atoms with E-state index < -0.39 is 0 Å². The number of rotatable bonds is 7. The Morgan fingerprint density at radius 3 is 2.47 bits per heavy atom. The second-order valence-corrected chi connectivity index (χ2v) is 7.26. The van der Waals surface area contributed by atoms with E-state index in [1.54, 1.807) is 11.3 Å². The molecule has 0 atom stereocenters. The lowest BCUT2D eigenvalue weighted by molar-refractivity contribution is 0.717. The van der Waals surface area contributed by atoms with Gasteiger partial charge in [0.2, 0.25) is 0 Å². The van der Waals surface area contributed by atoms with Crippen molar-refractivity contribution in [1.29, 1.82) is 0 Å². The van der Waals surface area contributed by atoms with Gasteiger partial charge in [0.25, 0.3) is 0 Å². The van der Waals surface area contributed by atoms with Crippen molar-refractivity contribution in [2.75, 3.05) is 5.32 Å². The summed E-state index contributed by atoms with van der Waals surface area (Å²) in [5.74, 6) is 0. The predicted molar refractivity (Wildman–Crippen MR) is 89.0 cm³/mol. The van der Waals surface area contributed by atoms with Gasteiger partial charge in [-0.1, -0.05) is 31.9 Å². The van der Waals surface area contributed by atoms with E-state index in [9.17, 15) is 0 Å². The molecule has 1 aromatic carbocycles. The van der Waals surface area contributed by atoms with Crippen molar-refractivity contribution in [3.8, 4) is 0 Å². The van der Waals surface area contributed by atoms with Crippen LogP contribution in [0.1, 0.15) is 36.6 Å². The van der Waals surface area contributed by atoms with E-state index in [1.807, 2.05) is 0 Å². The first-order valence-corrected chi connectivity index (χ1v) is 8.46. The molecule has 0 saturated heterocycles. The highest BCUT2D eigenvalue weighted by molar-refractivity contribution is 9.11. The molecule has 102 valence electrons. The smallest absolute Gasteiger partial charge is 0.0702 e. The molecule has 0 unspecified atom stereocenters. The van der Waals surface area contributed by atoms with Gasteiger partial charge in [0.05, 0.1) is 3.79 Å². The van der Waals surface area contributed by atoms with Crippen LogP contribution < -0.4 is 5.32 Å². The van der Waals surface area contributed by atoms with Crippen LogP contribution in [-0.4, -0.2) is 0 Å². The van der Waals surface area contributed by atoms with Crippen LogP contribution in [0.5, 0.6) is 0 Å². The van der Waals surface area contributed by atoms with Crippen LogP contribution in [0.15, 0.2) is 40.2 Å². The van der Waals surface area contributed by atoms with Crippen LogP contribution in [0.4, 0.5) is 5.69 Å². The van der Waals surface area contributed by atoms with Crippen LogP contribution in [0.2, 0.25) is 0 Å². The quantitative estimate of drug-likeness (QED) is 0.624. The number of unbranched alkanes of at least 4 members (excludes halogenated alkanes) is 2. The maximum absolute atomic E-state index is 3.49. The molecule has 3 heteroatoms. The lowest BCUT2D eigenvalue weighted by atomic mass is 10.1. The third-order valence-electron chi connectivity index (χ3n) is 3.12. The fourth-order valence-corrected chi connectivity index (χ4v) is 3.43. The maximum Gasteiger partial charge on any atom is 0.0702 e. The molecule has 1 nitrogen and oxygen atoms in total. The summed E-state index contributed by atoms with van der Waals surface area (Å²) in [5, 5.41) is 3.46. The van der Waals surface area contributed by atoms with Crippen LogP contribution >= 0.6 is 27.3 Å². The summed E-state index contributed by atoms with van der Waals surface area (Å²) in [5.41, 5.74) is 2.64. The van der Waals surface area contributed by atoms with Gasteiger partial charge in [-0.25, -0.2) is 0 Å². The minimum absolute atomic E-state index is 0.894. The number of hydrogen-bond acceptors (Lipinski definition) is 2. The van der Waals surface area contributed by atoms with Crippen LogP contribution in [0.25, 0.3) is 0 Å². The van der Waals surface area contributed by atoms with Crippen molar-refractivity contribution in [2.24, 2.45) is 0 Å². The largest absolute Gasteiger partial charge is 0.380 e. The molecule has 0 spiro atoms. The summed E-state index contributed by atoms with van der Waals surface area (Å²) >= 11 is 5.27. The van der Waals surface area contributed by atoms with E-state index in [0.717, 1.165) is 6.54 Å². The van der Waals surface area contributed by atoms with Crippen LogP contribution in [-0.2, 0) is 13.0 Å². The molecule has 2 rings (SSSR count). The first kappa shape index (κ1) is 14.6. The van der Waals surface area contributed by atoms with Gasteiger partial charge in [-0.05, 0) is 58.6 Å². The fourth-order valence-electron chi connectivity index (χ4n) is 2.00. The van der Waals surface area contributed by atoms with Crippen LogP contribution in [0.3, 0.4) is 0 Å². The van der Waals surface area contributed by atoms with Crippen LogP contribution in [0, 0.1) is 0 Å². The summed E-state index contributed by atoms with van der Waals surface area (Å²) in [6.07, 6.45) is 5.11. The van der Waals surface area contributed by atoms with Gasteiger partial charge in [-0.2, -0.15) is 0 Å². The Morgan fingerprint density at radius 2 is 1.84 bits per heavy atom. The lowest BCUT2D eigenvalue weighted by Crippen LogP contribution is -1.97. The molecule has 0 fully saturated rings. The van der Waals surface area contributed by atoms with Gasteiger partial charge >= 0.3 is 0 Å². The average Bonchev–Trinajstić information content (AvgIpc) is 2.84. The Morgan fingerprint density at radius 1 is 1.05 bits per heavy atom. The van der Waals surface area contributed by atoms with E-state index in [4.69, 9.17) is 0 Å². The lowest BCUT2D eigenvalue weighted by Gasteiger charge is -2.06. The molecule has 0 aliphatic rings. The molecule has 19 heavy (non-hydrogen) atoms. The van der Waals surface area contributed by atoms with Gasteiger partial charge in [-0.3, -0.25) is 0 Å². The monoisotopic (exact) mass is 337 g/mol. The van der Waals surface area contributed by atoms with Crippen molar-refractivity contribution in [3.63, 3.8) is 0 Å². The number of hydrogen-bond donors (Lipinski definition) is 1. The Kier molecular flexibility index (Phi) is 5.93. The van der Waals surface area contributed by atoms with Crippen molar-refractivity contribution in [1.82, 2.24) is 0 Å². The van der Waals surface area contributed by atoms with Crippen molar-refractivity contribution in [2.45, 2.75) is 39.2 Å². The van der Waals surface area contributed by atoms with Gasteiger partial charge in [0, 0.05) is 17.1 Å². The summed E-state index contributed by atoms with van der Waals surface area (Å²) in [6.45, 7) is 3.14. The molecular weight excluding hydrogens is 318 g/mol. The van der Waals surface area contributed by atoms with Gasteiger partial charge in [0.1, 0.15) is 0 Å². The number of aryl methyl sites for hydroxylation is 1. The highest BCUT2D eigenvalue weighted by atomic mass is 79.9. The number of anilines is 1. The number of nitrogens with one attached hydrogen (secondary N) is 1. The van der Waals surface area contributed by atoms with Gasteiger partial charge in [-0.15, -0.1) is 11.3 Å². The third-order valence-corrected chi connectivity index (χ3v) is 4.74. The SMILES string of the molecule is CCCCCc1ccc(NCc2ccc(Br)s2)cc1. The van der Waals surface area contributed by atoms with E-state index in [0.29, 0.717) is 0 Å². The number of benzene rings is 1. The minimum Gasteiger partial charge on any atom is -0.380 e. The summed E-state index contributed by atoms with van der Waals surface area (Å²) in [6, 6.07) is 13.1. The molecule has 0 amide bonds. The highest BCUT2D eigenvalue weighted by Gasteiger charge is 1.98. The maximum atomic E-state index is 3.49. The fraction of sp³-hybridized carbons (Fsp3) is 0.375. The Balaban J connectivity index is 1.81. The van der Waals surface area contributed by atoms with Crippen molar-refractivity contribution < 1.29 is 0 Å². The Bertz CT molecular complexity index is 490. The zero-order valence-electron chi connectivity index (χ0n) is 11.3. The van der Waals surface area contributed by atoms with Crippen molar-refractivity contribution in [3.05, 3.63) is 50.6 Å². The Hall–Kier alpha value is -0.800. The van der Waals surface area contributed by atoms with Gasteiger partial charge in [0.15, 0.2) is 0 Å². The zero-order chi connectivity index (χ0) is 13.5. The van der Waals surface area contributed by atoms with E-state index in [-0.39, 0.29) is 0 Å². The molecule has 1 heterocycles. The first-order chi connectivity index (χ1) is 9.28. The molecule has 0 aliphatic heterocycles. The van der Waals surface area contributed by atoms with Crippen molar-refractivity contribution >= 4 is 33.0 Å². The second kappa shape index (κ2) is 7.71. The summed E-state index contributed by atoms with van der Waals surface area (Å²) < 4.78 is 1.19. The Labute approximate surface area is 128 Å². The first-order valence-electron chi connectivity index (χ1n) is 6.85. The average molecular weight is 338 g/mol. The summed E-state index contributed by atoms with van der Waals surface area (Å²) in [7, 11) is 0. The standard InChI is InChI=1S/C16H20BrNS/c1-2-3-4-5-13-6-8-14(9-7-13)18-12-15-10-11-16(17)19-15/h6-11,18H,2-5,12H2,1H3. The van der Waals surface area contributed by atoms with Gasteiger partial charge < -0.3 is 5.32 Å².